The number of rotatable bonds is 25. The summed E-state index contributed by atoms with van der Waals surface area (Å²) in [5.74, 6) is -0.464. The van der Waals surface area contributed by atoms with Crippen molar-refractivity contribution in [3.63, 3.8) is 0 Å². The number of guanidine groups is 1. The molecule has 1 aromatic carbocycles. The van der Waals surface area contributed by atoms with Gasteiger partial charge in [-0.15, -0.1) is 0 Å². The Labute approximate surface area is 359 Å². The van der Waals surface area contributed by atoms with Gasteiger partial charge in [-0.3, -0.25) is 24.8 Å². The van der Waals surface area contributed by atoms with E-state index >= 15 is 0 Å². The van der Waals surface area contributed by atoms with Crippen molar-refractivity contribution in [2.75, 3.05) is 57.4 Å². The zero-order chi connectivity index (χ0) is 45.2. The summed E-state index contributed by atoms with van der Waals surface area (Å²) in [6.45, 7) is -2.17. The first-order valence-electron chi connectivity index (χ1n) is 20.4. The number of carbonyl (C=O) groups excluding carboxylic acids is 2. The van der Waals surface area contributed by atoms with E-state index in [1.165, 1.54) is 16.0 Å². The Bertz CT molecular complexity index is 1650. The van der Waals surface area contributed by atoms with Crippen molar-refractivity contribution >= 4 is 41.0 Å². The molecule has 22 heteroatoms. The second kappa shape index (κ2) is 25.9. The van der Waals surface area contributed by atoms with Crippen LogP contribution in [0.1, 0.15) is 78.9 Å². The van der Waals surface area contributed by atoms with E-state index in [2.05, 4.69) is 49.9 Å². The maximum atomic E-state index is 12.8. The number of aromatic nitrogens is 2. The smallest absolute Gasteiger partial charge is 0.280 e. The molecule has 2 amide bonds. The van der Waals surface area contributed by atoms with E-state index < -0.39 is 81.0 Å². The minimum atomic E-state index is -1.90. The molecule has 8 atom stereocenters. The van der Waals surface area contributed by atoms with Crippen molar-refractivity contribution in [1.29, 1.82) is 0 Å². The van der Waals surface area contributed by atoms with Gasteiger partial charge in [0.25, 0.3) is 5.91 Å². The Kier molecular flexibility index (Phi) is 21.9. The van der Waals surface area contributed by atoms with E-state index in [4.69, 9.17) is 39.0 Å². The van der Waals surface area contributed by atoms with Crippen LogP contribution in [0.2, 0.25) is 5.15 Å². The number of unbranched alkanes of at least 4 members (excludes halogenated alkanes) is 1. The topological polar surface area (TPSA) is 380 Å². The summed E-state index contributed by atoms with van der Waals surface area (Å²) in [7, 11) is 0. The minimum Gasteiger partial charge on any atom is -0.394 e. The average molecular weight is 886 g/mol. The highest BCUT2D eigenvalue weighted by atomic mass is 35.5. The normalized spacial score (nSPS) is 20.0. The Balaban J connectivity index is 1.38. The van der Waals surface area contributed by atoms with E-state index in [9.17, 15) is 50.4 Å². The maximum Gasteiger partial charge on any atom is 0.280 e. The van der Waals surface area contributed by atoms with Crippen LogP contribution in [0.4, 0.5) is 11.6 Å². The molecule has 2 aromatic rings. The predicted octanol–water partition coefficient (Wildman–Crippen LogP) is -3.29. The molecule has 1 aliphatic carbocycles. The summed E-state index contributed by atoms with van der Waals surface area (Å²) in [6, 6.07) is 8.61. The molecule has 1 fully saturated rings. The summed E-state index contributed by atoms with van der Waals surface area (Å²) in [5, 5.41) is 104. The van der Waals surface area contributed by atoms with Crippen LogP contribution in [0, 0.1) is 5.92 Å². The van der Waals surface area contributed by atoms with Crippen molar-refractivity contribution in [2.24, 2.45) is 16.6 Å². The van der Waals surface area contributed by atoms with Gasteiger partial charge in [-0.05, 0) is 74.3 Å². The first-order valence-corrected chi connectivity index (χ1v) is 20.8. The number of nitrogens with two attached hydrogens (primary N) is 3. The van der Waals surface area contributed by atoms with E-state index in [0.29, 0.717) is 24.8 Å². The number of nitrogens with zero attached hydrogens (tertiary/aromatic N) is 4. The number of nitrogens with one attached hydrogen (secondary N) is 2. The number of carbonyl (C=O) groups is 2. The van der Waals surface area contributed by atoms with Crippen LogP contribution < -0.4 is 27.8 Å². The monoisotopic (exact) mass is 885 g/mol. The second-order valence-electron chi connectivity index (χ2n) is 15.5. The lowest BCUT2D eigenvalue weighted by molar-refractivity contribution is -0.130. The molecule has 1 aromatic heterocycles. The summed E-state index contributed by atoms with van der Waals surface area (Å²) in [5.41, 5.74) is 19.3. The highest BCUT2D eigenvalue weighted by molar-refractivity contribution is 6.31. The number of halogens is 1. The number of hydrogen-bond donors (Lipinski definition) is 15. The van der Waals surface area contributed by atoms with E-state index in [0.717, 1.165) is 44.9 Å². The molecular weight excluding hydrogens is 822 g/mol. The fourth-order valence-electron chi connectivity index (χ4n) is 7.11. The fourth-order valence-corrected chi connectivity index (χ4v) is 7.24. The number of hydrogen-bond acceptors (Lipinski definition) is 18. The lowest BCUT2D eigenvalue weighted by atomic mass is 9.77. The van der Waals surface area contributed by atoms with Crippen LogP contribution in [-0.2, 0) is 11.2 Å². The maximum absolute atomic E-state index is 12.8. The number of nitrogen functional groups attached to an aromatic ring is 2. The quantitative estimate of drug-likeness (QED) is 0.0264. The van der Waals surface area contributed by atoms with Gasteiger partial charge in [0.1, 0.15) is 36.6 Å². The largest absolute Gasteiger partial charge is 0.394 e. The number of amides is 2. The van der Waals surface area contributed by atoms with Gasteiger partial charge in [0.2, 0.25) is 5.91 Å². The summed E-state index contributed by atoms with van der Waals surface area (Å²) >= 11 is 5.83. The second-order valence-corrected chi connectivity index (χ2v) is 15.9. The van der Waals surface area contributed by atoms with Crippen LogP contribution in [0.25, 0.3) is 0 Å². The molecule has 21 nitrogen and oxygen atoms in total. The van der Waals surface area contributed by atoms with Gasteiger partial charge < -0.3 is 73.6 Å². The van der Waals surface area contributed by atoms with E-state index in [1.54, 1.807) is 0 Å². The number of aliphatic hydroxyl groups excluding tert-OH is 10. The highest BCUT2D eigenvalue weighted by Crippen LogP contribution is 2.37. The summed E-state index contributed by atoms with van der Waals surface area (Å²) < 4.78 is 0. The SMILES string of the molecule is NC(=NCCCCc1ccc(C2CCC(CCC(=O)NCCN(CC(O)C(O)C(O)C(O)CO)CC(O)C(O)C(O)C(O)CO)CC2)cc1)NC(=O)c1nc(Cl)c(N)nc1N. The van der Waals surface area contributed by atoms with Crippen molar-refractivity contribution in [3.8, 4) is 0 Å². The standard InChI is InChI=1S/C39H64ClN9O12/c40-35-37(42)47-36(41)30(46-35)38(61)48-39(43)45-14-2-1-3-21-4-9-23(10-5-21)24-11-6-22(7-12-24)8-13-29(56)44-15-16-49(17-25(52)31(57)33(59)27(54)19-50)18-26(53)32(58)34(60)28(55)20-51/h4-5,9-10,22,24-28,31-34,50-55,57-60H,1-3,6-8,11-20H2,(H,44,56)(H4,41,42,47)(H3,43,45,48,61). The zero-order valence-corrected chi connectivity index (χ0v) is 34.8. The third-order valence-electron chi connectivity index (χ3n) is 10.9. The van der Waals surface area contributed by atoms with Gasteiger partial charge in [0, 0.05) is 39.1 Å². The number of aliphatic imine (C=N–C) groups is 1. The molecule has 0 spiro atoms. The molecule has 344 valence electrons. The van der Waals surface area contributed by atoms with Gasteiger partial charge in [-0.25, -0.2) is 9.97 Å². The molecule has 0 aliphatic heterocycles. The molecule has 1 saturated carbocycles. The van der Waals surface area contributed by atoms with Crippen molar-refractivity contribution in [3.05, 3.63) is 46.2 Å². The van der Waals surface area contributed by atoms with Gasteiger partial charge >= 0.3 is 0 Å². The van der Waals surface area contributed by atoms with Crippen molar-refractivity contribution in [2.45, 2.75) is 113 Å². The lowest BCUT2D eigenvalue weighted by Crippen LogP contribution is -2.54. The molecular formula is C39H64ClN9O12. The van der Waals surface area contributed by atoms with Gasteiger partial charge in [0.05, 0.1) is 25.4 Å². The Hall–Kier alpha value is -3.84. The third kappa shape index (κ3) is 16.8. The van der Waals surface area contributed by atoms with Gasteiger partial charge in [-0.1, -0.05) is 35.9 Å². The minimum absolute atomic E-state index is 0.0124. The highest BCUT2D eigenvalue weighted by Gasteiger charge is 2.34. The molecule has 0 radical (unpaired) electrons. The van der Waals surface area contributed by atoms with Crippen molar-refractivity contribution in [1.82, 2.24) is 25.5 Å². The van der Waals surface area contributed by atoms with E-state index in [-0.39, 0.29) is 53.9 Å². The van der Waals surface area contributed by atoms with E-state index in [1.807, 2.05) is 0 Å². The first-order chi connectivity index (χ1) is 28.9. The van der Waals surface area contributed by atoms with Crippen LogP contribution in [0.15, 0.2) is 29.3 Å². The van der Waals surface area contributed by atoms with Crippen molar-refractivity contribution < 1.29 is 60.7 Å². The summed E-state index contributed by atoms with van der Waals surface area (Å²) in [4.78, 5) is 38.3. The molecule has 8 unspecified atom stereocenters. The van der Waals surface area contributed by atoms with Crippen LogP contribution in [0.5, 0.6) is 0 Å². The zero-order valence-electron chi connectivity index (χ0n) is 34.1. The predicted molar refractivity (Wildman–Crippen MR) is 225 cm³/mol. The van der Waals surface area contributed by atoms with Gasteiger partial charge in [0.15, 0.2) is 28.4 Å². The lowest BCUT2D eigenvalue weighted by Gasteiger charge is -2.33. The van der Waals surface area contributed by atoms with Gasteiger partial charge in [-0.2, -0.15) is 0 Å². The Morgan fingerprint density at radius 1 is 0.803 bits per heavy atom. The molecule has 0 bridgehead atoms. The molecule has 18 N–H and O–H groups in total. The molecule has 3 rings (SSSR count). The first kappa shape index (κ1) is 51.5. The third-order valence-corrected chi connectivity index (χ3v) is 11.2. The number of aliphatic hydroxyl groups is 10. The molecule has 61 heavy (non-hydrogen) atoms. The summed E-state index contributed by atoms with van der Waals surface area (Å²) in [6.07, 6.45) is -7.13. The Morgan fingerprint density at radius 2 is 1.36 bits per heavy atom. The Morgan fingerprint density at radius 3 is 1.92 bits per heavy atom. The number of benzene rings is 1. The molecule has 1 heterocycles. The number of aryl methyl sites for hydroxylation is 1. The average Bonchev–Trinajstić information content (AvgIpc) is 3.25. The fraction of sp³-hybridized carbons (Fsp3) is 0.667. The van der Waals surface area contributed by atoms with Crippen LogP contribution >= 0.6 is 11.6 Å². The van der Waals surface area contributed by atoms with Crippen LogP contribution in [-0.4, -0.2) is 178 Å². The molecule has 0 saturated heterocycles. The molecule has 1 aliphatic rings. The number of anilines is 2. The van der Waals surface area contributed by atoms with Crippen LogP contribution in [0.3, 0.4) is 0 Å².